The number of hydrogen-bond acceptors (Lipinski definition) is 6. The average molecular weight is 449 g/mol. The number of carbonyl (C=O) groups excluding carboxylic acids is 1. The summed E-state index contributed by atoms with van der Waals surface area (Å²) in [5.41, 5.74) is -5.05. The van der Waals surface area contributed by atoms with E-state index in [1.165, 1.54) is 24.3 Å². The van der Waals surface area contributed by atoms with Crippen LogP contribution in [0.3, 0.4) is 0 Å². The van der Waals surface area contributed by atoms with Crippen molar-refractivity contribution in [3.63, 3.8) is 0 Å². The quantitative estimate of drug-likeness (QED) is 0.519. The number of nitrogens with zero attached hydrogens (tertiary/aromatic N) is 1. The molecule has 0 saturated carbocycles. The first-order valence-corrected chi connectivity index (χ1v) is 10.9. The van der Waals surface area contributed by atoms with Crippen molar-refractivity contribution in [2.75, 3.05) is 6.26 Å². The third-order valence-electron chi connectivity index (χ3n) is 3.73. The fourth-order valence-electron chi connectivity index (χ4n) is 2.45. The Hall–Kier alpha value is -2.34. The molecule has 1 aromatic carbocycles. The predicted octanol–water partition coefficient (Wildman–Crippen LogP) is 2.91. The van der Waals surface area contributed by atoms with Crippen LogP contribution in [0.25, 0.3) is 0 Å². The summed E-state index contributed by atoms with van der Waals surface area (Å²) in [6, 6.07) is 5.78. The maximum Gasteiger partial charge on any atom is 0.446 e. The third-order valence-corrected chi connectivity index (χ3v) is 5.36. The zero-order valence-electron chi connectivity index (χ0n) is 15.6. The normalized spacial score (nSPS) is 13.3. The van der Waals surface area contributed by atoms with Crippen molar-refractivity contribution in [2.24, 2.45) is 5.92 Å². The van der Waals surface area contributed by atoms with Crippen molar-refractivity contribution in [2.45, 2.75) is 35.4 Å². The smallest absolute Gasteiger partial charge is 0.344 e. The monoisotopic (exact) mass is 449 g/mol. The topological polar surface area (TPSA) is 109 Å². The first kappa shape index (κ1) is 22.9. The molecular weight excluding hydrogens is 431 g/mol. The molecule has 0 aliphatic rings. The Labute approximate surface area is 169 Å². The van der Waals surface area contributed by atoms with E-state index < -0.39 is 38.0 Å². The fraction of sp³-hybridized carbons (Fsp3) is 0.353. The Bertz CT molecular complexity index is 1050. The highest BCUT2D eigenvalue weighted by Crippen LogP contribution is 2.37. The number of aromatic amines is 1. The number of aromatic nitrogens is 2. The van der Waals surface area contributed by atoms with Crippen LogP contribution in [0, 0.1) is 5.92 Å². The predicted molar refractivity (Wildman–Crippen MR) is 101 cm³/mol. The van der Waals surface area contributed by atoms with Crippen LogP contribution in [0.2, 0.25) is 0 Å². The summed E-state index contributed by atoms with van der Waals surface area (Å²) >= 11 is -0.247. The third kappa shape index (κ3) is 6.60. The van der Waals surface area contributed by atoms with E-state index in [9.17, 15) is 31.2 Å². The number of thioether (sulfide) groups is 1. The molecule has 1 atom stereocenters. The molecule has 0 spiro atoms. The number of H-pyrrole nitrogens is 1. The number of hydrogen-bond donors (Lipinski definition) is 2. The Balaban J connectivity index is 2.28. The van der Waals surface area contributed by atoms with Gasteiger partial charge in [-0.1, -0.05) is 26.0 Å². The first-order valence-electron chi connectivity index (χ1n) is 8.24. The van der Waals surface area contributed by atoms with E-state index in [2.05, 4.69) is 10.3 Å². The van der Waals surface area contributed by atoms with Gasteiger partial charge in [0.2, 0.25) is 15.0 Å². The zero-order chi connectivity index (χ0) is 22.0. The van der Waals surface area contributed by atoms with Crippen molar-refractivity contribution in [1.82, 2.24) is 15.3 Å². The van der Waals surface area contributed by atoms with Crippen LogP contribution in [0.1, 0.15) is 35.9 Å². The lowest BCUT2D eigenvalue weighted by Crippen LogP contribution is -2.33. The highest BCUT2D eigenvalue weighted by molar-refractivity contribution is 8.00. The van der Waals surface area contributed by atoms with E-state index in [-0.39, 0.29) is 28.3 Å². The molecular formula is C17H18F3N3O4S2. The molecule has 158 valence electrons. The van der Waals surface area contributed by atoms with Crippen molar-refractivity contribution in [3.8, 4) is 0 Å². The molecule has 2 N–H and O–H groups in total. The molecule has 0 aliphatic carbocycles. The number of sulfone groups is 1. The van der Waals surface area contributed by atoms with Crippen LogP contribution < -0.4 is 10.9 Å². The number of carbonyl (C=O) groups is 1. The minimum atomic E-state index is -4.41. The van der Waals surface area contributed by atoms with Gasteiger partial charge in [0.25, 0.3) is 11.5 Å². The van der Waals surface area contributed by atoms with E-state index >= 15 is 0 Å². The lowest BCUT2D eigenvalue weighted by molar-refractivity contribution is -0.0328. The fourth-order valence-corrected chi connectivity index (χ4v) is 3.54. The highest BCUT2D eigenvalue weighted by atomic mass is 32.2. The van der Waals surface area contributed by atoms with Crippen LogP contribution >= 0.6 is 11.8 Å². The standard InChI is InChI=1S/C17H18F3N3O4S2/c1-9(2)14(10-4-6-11(7-5-10)28-17(18,19)20)23-15(25)12-8-13(24)22-16(21-12)29(3,26)27/h4-9,14H,1-3H3,(H,23,25)(H,21,22,24)/t14-/m1/s1. The average Bonchev–Trinajstić information content (AvgIpc) is 2.57. The molecule has 7 nitrogen and oxygen atoms in total. The second kappa shape index (κ2) is 8.57. The summed E-state index contributed by atoms with van der Waals surface area (Å²) in [5, 5.41) is 2.01. The number of alkyl halides is 3. The molecule has 1 heterocycles. The van der Waals surface area contributed by atoms with Gasteiger partial charge in [-0.25, -0.2) is 13.4 Å². The van der Waals surface area contributed by atoms with Gasteiger partial charge < -0.3 is 5.32 Å². The molecule has 1 aromatic heterocycles. The number of halogens is 3. The summed E-state index contributed by atoms with van der Waals surface area (Å²) < 4.78 is 60.6. The van der Waals surface area contributed by atoms with Crippen LogP contribution in [-0.4, -0.2) is 36.1 Å². The Kier molecular flexibility index (Phi) is 6.78. The van der Waals surface area contributed by atoms with Gasteiger partial charge >= 0.3 is 5.51 Å². The minimum absolute atomic E-state index is 0.00383. The van der Waals surface area contributed by atoms with Gasteiger partial charge in [-0.2, -0.15) is 13.2 Å². The van der Waals surface area contributed by atoms with Gasteiger partial charge in [-0.3, -0.25) is 14.6 Å². The van der Waals surface area contributed by atoms with Crippen LogP contribution in [-0.2, 0) is 9.84 Å². The summed E-state index contributed by atoms with van der Waals surface area (Å²) in [6.07, 6.45) is 0.838. The Morgan fingerprint density at radius 2 is 1.79 bits per heavy atom. The minimum Gasteiger partial charge on any atom is -0.344 e. The van der Waals surface area contributed by atoms with Gasteiger partial charge in [-0.05, 0) is 35.4 Å². The molecule has 29 heavy (non-hydrogen) atoms. The van der Waals surface area contributed by atoms with Crippen LogP contribution in [0.15, 0.2) is 45.2 Å². The first-order chi connectivity index (χ1) is 13.3. The Morgan fingerprint density at radius 3 is 2.28 bits per heavy atom. The van der Waals surface area contributed by atoms with Crippen molar-refractivity contribution >= 4 is 27.5 Å². The van der Waals surface area contributed by atoms with Gasteiger partial charge in [0.15, 0.2) is 0 Å². The maximum absolute atomic E-state index is 12.5. The second-order valence-corrected chi connectivity index (χ2v) is 9.59. The molecule has 0 saturated heterocycles. The molecule has 0 bridgehead atoms. The molecule has 0 unspecified atom stereocenters. The number of rotatable bonds is 6. The zero-order valence-corrected chi connectivity index (χ0v) is 17.2. The van der Waals surface area contributed by atoms with Gasteiger partial charge in [-0.15, -0.1) is 0 Å². The van der Waals surface area contributed by atoms with Gasteiger partial charge in [0, 0.05) is 17.2 Å². The lowest BCUT2D eigenvalue weighted by Gasteiger charge is -2.23. The Morgan fingerprint density at radius 1 is 1.21 bits per heavy atom. The van der Waals surface area contributed by atoms with Gasteiger partial charge in [0.1, 0.15) is 5.69 Å². The van der Waals surface area contributed by atoms with Crippen LogP contribution in [0.5, 0.6) is 0 Å². The van der Waals surface area contributed by atoms with Crippen molar-refractivity contribution in [1.29, 1.82) is 0 Å². The molecule has 2 aromatic rings. The summed E-state index contributed by atoms with van der Waals surface area (Å²) in [6.45, 7) is 3.58. The van der Waals surface area contributed by atoms with E-state index in [0.29, 0.717) is 5.56 Å². The SMILES string of the molecule is CC(C)[C@@H](NC(=O)c1cc(=O)[nH]c(S(C)(=O)=O)n1)c1ccc(SC(F)(F)F)cc1. The lowest BCUT2D eigenvalue weighted by atomic mass is 9.96. The summed E-state index contributed by atoms with van der Waals surface area (Å²) in [5.74, 6) is -0.940. The molecule has 0 fully saturated rings. The second-order valence-electron chi connectivity index (χ2n) is 6.52. The maximum atomic E-state index is 12.5. The van der Waals surface area contributed by atoms with Crippen LogP contribution in [0.4, 0.5) is 13.2 Å². The summed E-state index contributed by atoms with van der Waals surface area (Å²) in [7, 11) is -3.84. The molecule has 2 rings (SSSR count). The van der Waals surface area contributed by atoms with Gasteiger partial charge in [0.05, 0.1) is 6.04 Å². The largest absolute Gasteiger partial charge is 0.446 e. The molecule has 0 radical (unpaired) electrons. The van der Waals surface area contributed by atoms with E-state index in [1.807, 2.05) is 4.98 Å². The number of nitrogens with one attached hydrogen (secondary N) is 2. The molecule has 1 amide bonds. The van der Waals surface area contributed by atoms with E-state index in [0.717, 1.165) is 12.3 Å². The number of amides is 1. The van der Waals surface area contributed by atoms with Crippen molar-refractivity contribution in [3.05, 3.63) is 51.9 Å². The van der Waals surface area contributed by atoms with E-state index in [1.54, 1.807) is 13.8 Å². The molecule has 12 heteroatoms. The highest BCUT2D eigenvalue weighted by Gasteiger charge is 2.29. The van der Waals surface area contributed by atoms with Crippen molar-refractivity contribution < 1.29 is 26.4 Å². The molecule has 0 aliphatic heterocycles. The number of benzene rings is 1. The summed E-state index contributed by atoms with van der Waals surface area (Å²) in [4.78, 5) is 29.9. The van der Waals surface area contributed by atoms with E-state index in [4.69, 9.17) is 0 Å².